The highest BCUT2D eigenvalue weighted by Gasteiger charge is 2.69. The molecule has 5 aliphatic rings. The Bertz CT molecular complexity index is 976. The van der Waals surface area contributed by atoms with Crippen LogP contribution in [0, 0.1) is 23.7 Å². The van der Waals surface area contributed by atoms with Crippen LogP contribution in [0.1, 0.15) is 79.1 Å². The van der Waals surface area contributed by atoms with Gasteiger partial charge in [-0.25, -0.2) is 14.6 Å². The van der Waals surface area contributed by atoms with Gasteiger partial charge in [-0.15, -0.1) is 0 Å². The molecule has 4 heterocycles. The second kappa shape index (κ2) is 12.3. The predicted molar refractivity (Wildman–Crippen MR) is 136 cm³/mol. The summed E-state index contributed by atoms with van der Waals surface area (Å²) in [6.07, 6.45) is 0.639. The van der Waals surface area contributed by atoms with Gasteiger partial charge in [0.2, 0.25) is 23.9 Å². The zero-order valence-electron chi connectivity index (χ0n) is 23.6. The van der Waals surface area contributed by atoms with Gasteiger partial charge >= 0.3 is 11.9 Å². The Balaban J connectivity index is 1.22. The molecule has 2 bridgehead atoms. The molecule has 2 amide bonds. The SMILES string of the molecule is C[C@@H]1[C@H](OC(=O)CCC(=O)NCCCC(=O)N[C@H](C(=O)O)[C@@H](C)O)O[C@H]2O[C@]3(C)CC[C@H]4[C@H](C)CC[C@H]1[C@@]24OO3. The van der Waals surface area contributed by atoms with Crippen molar-refractivity contribution in [1.82, 2.24) is 10.6 Å². The van der Waals surface area contributed by atoms with Gasteiger partial charge in [-0.05, 0) is 51.4 Å². The minimum absolute atomic E-state index is 0.0137. The lowest BCUT2D eigenvalue weighted by molar-refractivity contribution is -0.576. The van der Waals surface area contributed by atoms with Crippen LogP contribution in [-0.4, -0.2) is 76.6 Å². The van der Waals surface area contributed by atoms with Crippen molar-refractivity contribution in [1.29, 1.82) is 0 Å². The lowest BCUT2D eigenvalue weighted by Crippen LogP contribution is -2.70. The summed E-state index contributed by atoms with van der Waals surface area (Å²) in [6.45, 7) is 7.46. The Hall–Kier alpha value is -2.32. The Labute approximate surface area is 233 Å². The number of amides is 2. The number of nitrogens with one attached hydrogen (secondary N) is 2. The quantitative estimate of drug-likeness (QED) is 0.160. The first-order valence-electron chi connectivity index (χ1n) is 14.2. The summed E-state index contributed by atoms with van der Waals surface area (Å²) in [5, 5.41) is 23.3. The predicted octanol–water partition coefficient (Wildman–Crippen LogP) is 1.36. The van der Waals surface area contributed by atoms with Gasteiger partial charge in [0.1, 0.15) is 0 Å². The van der Waals surface area contributed by atoms with Crippen molar-refractivity contribution in [2.75, 3.05) is 6.54 Å². The van der Waals surface area contributed by atoms with Crippen LogP contribution in [0.25, 0.3) is 0 Å². The molecule has 5 fully saturated rings. The molecule has 0 unspecified atom stereocenters. The summed E-state index contributed by atoms with van der Waals surface area (Å²) in [7, 11) is 0. The van der Waals surface area contributed by atoms with Crippen molar-refractivity contribution < 1.29 is 53.4 Å². The number of aliphatic hydroxyl groups is 1. The largest absolute Gasteiger partial charge is 0.480 e. The van der Waals surface area contributed by atoms with Crippen molar-refractivity contribution in [3.05, 3.63) is 0 Å². The smallest absolute Gasteiger partial charge is 0.328 e. The standard InChI is InChI=1S/C27H42N2O11/c1-14-7-8-18-15(2)24(37-25-27(18)17(14)11-12-26(4,38-25)39-40-27)36-21(33)10-9-19(31)28-13-5-6-20(32)29-22(16(3)30)23(34)35/h14-18,22,24-25,30H,5-13H2,1-4H3,(H,28,31)(H,29,32)(H,34,35)/t14-,15+,16-,17+,18-,22+,24-,25+,26+,27-/m1/s1. The molecular weight excluding hydrogens is 528 g/mol. The van der Waals surface area contributed by atoms with Gasteiger partial charge in [-0.3, -0.25) is 14.4 Å². The Morgan fingerprint density at radius 1 is 1.02 bits per heavy atom. The molecule has 5 rings (SSSR count). The van der Waals surface area contributed by atoms with E-state index < -0.39 is 54.0 Å². The summed E-state index contributed by atoms with van der Waals surface area (Å²) < 4.78 is 18.2. The normalized spacial score (nSPS) is 37.8. The first-order valence-corrected chi connectivity index (χ1v) is 14.2. The molecule has 4 aliphatic heterocycles. The maximum Gasteiger partial charge on any atom is 0.328 e. The van der Waals surface area contributed by atoms with E-state index in [0.29, 0.717) is 12.3 Å². The lowest BCUT2D eigenvalue weighted by Gasteiger charge is -2.59. The number of aliphatic carboxylic acids is 1. The second-order valence-corrected chi connectivity index (χ2v) is 11.8. The first-order chi connectivity index (χ1) is 18.9. The average molecular weight is 571 g/mol. The Morgan fingerprint density at radius 2 is 1.77 bits per heavy atom. The molecule has 0 aromatic rings. The third-order valence-electron chi connectivity index (χ3n) is 8.87. The molecule has 0 aromatic carbocycles. The number of ether oxygens (including phenoxy) is 3. The van der Waals surface area contributed by atoms with E-state index in [1.165, 1.54) is 6.92 Å². The number of fused-ring (bicyclic) bond motifs is 2. The van der Waals surface area contributed by atoms with Crippen LogP contribution < -0.4 is 10.6 Å². The fraction of sp³-hybridized carbons (Fsp3) is 0.852. The topological polar surface area (TPSA) is 179 Å². The zero-order valence-corrected chi connectivity index (χ0v) is 23.6. The summed E-state index contributed by atoms with van der Waals surface area (Å²) in [5.41, 5.74) is -0.752. The van der Waals surface area contributed by atoms with E-state index in [9.17, 15) is 24.3 Å². The summed E-state index contributed by atoms with van der Waals surface area (Å²) >= 11 is 0. The highest BCUT2D eigenvalue weighted by Crippen LogP contribution is 2.60. The molecular formula is C27H42N2O11. The molecule has 1 aliphatic carbocycles. The van der Waals surface area contributed by atoms with Gasteiger partial charge in [0.05, 0.1) is 12.5 Å². The van der Waals surface area contributed by atoms with Crippen LogP contribution >= 0.6 is 0 Å². The number of hydrogen-bond acceptors (Lipinski definition) is 10. The van der Waals surface area contributed by atoms with Crippen molar-refractivity contribution in [2.45, 2.75) is 115 Å². The molecule has 4 saturated heterocycles. The number of esters is 1. The number of hydrogen-bond donors (Lipinski definition) is 4. The van der Waals surface area contributed by atoms with E-state index in [1.54, 1.807) is 0 Å². The van der Waals surface area contributed by atoms with Crippen LogP contribution in [0.2, 0.25) is 0 Å². The summed E-state index contributed by atoms with van der Waals surface area (Å²) in [4.78, 5) is 59.7. The molecule has 0 radical (unpaired) electrons. The van der Waals surface area contributed by atoms with Crippen molar-refractivity contribution in [3.63, 3.8) is 0 Å². The number of carbonyl (C=O) groups excluding carboxylic acids is 3. The van der Waals surface area contributed by atoms with Crippen molar-refractivity contribution in [2.24, 2.45) is 23.7 Å². The minimum atomic E-state index is -1.40. The van der Waals surface area contributed by atoms with E-state index in [1.807, 2.05) is 13.8 Å². The Kier molecular flexibility index (Phi) is 9.40. The zero-order chi connectivity index (χ0) is 29.2. The lowest BCUT2D eigenvalue weighted by atomic mass is 9.58. The van der Waals surface area contributed by atoms with E-state index >= 15 is 0 Å². The average Bonchev–Trinajstić information content (AvgIpc) is 3.12. The van der Waals surface area contributed by atoms with Gasteiger partial charge in [0.15, 0.2) is 17.9 Å². The molecule has 13 heteroatoms. The number of carbonyl (C=O) groups is 4. The van der Waals surface area contributed by atoms with E-state index in [-0.39, 0.29) is 55.9 Å². The molecule has 226 valence electrons. The first kappa shape index (κ1) is 30.6. The third-order valence-corrected chi connectivity index (χ3v) is 8.87. The number of carboxylic acids is 1. The fourth-order valence-corrected chi connectivity index (χ4v) is 6.61. The summed E-state index contributed by atoms with van der Waals surface area (Å²) in [5.74, 6) is -3.30. The molecule has 13 nitrogen and oxygen atoms in total. The molecule has 1 saturated carbocycles. The minimum Gasteiger partial charge on any atom is -0.480 e. The number of aliphatic hydroxyl groups excluding tert-OH is 1. The Morgan fingerprint density at radius 3 is 2.48 bits per heavy atom. The second-order valence-electron chi connectivity index (χ2n) is 11.8. The molecule has 1 spiro atoms. The molecule has 4 N–H and O–H groups in total. The van der Waals surface area contributed by atoms with Crippen LogP contribution in [0.5, 0.6) is 0 Å². The van der Waals surface area contributed by atoms with Gasteiger partial charge in [-0.2, -0.15) is 0 Å². The number of rotatable bonds is 11. The van der Waals surface area contributed by atoms with Gasteiger partial charge in [0.25, 0.3) is 0 Å². The van der Waals surface area contributed by atoms with Crippen LogP contribution in [0.4, 0.5) is 0 Å². The third kappa shape index (κ3) is 6.28. The molecule has 0 aromatic heterocycles. The highest BCUT2D eigenvalue weighted by molar-refractivity contribution is 5.84. The van der Waals surface area contributed by atoms with Gasteiger partial charge < -0.3 is 35.1 Å². The van der Waals surface area contributed by atoms with E-state index in [2.05, 4.69) is 17.6 Å². The highest BCUT2D eigenvalue weighted by atomic mass is 17.3. The van der Waals surface area contributed by atoms with E-state index in [0.717, 1.165) is 19.3 Å². The number of carboxylic acid groups (broad SMARTS) is 1. The molecule has 10 atom stereocenters. The van der Waals surface area contributed by atoms with Crippen LogP contribution in [0.15, 0.2) is 0 Å². The van der Waals surface area contributed by atoms with Crippen LogP contribution in [0.3, 0.4) is 0 Å². The monoisotopic (exact) mass is 570 g/mol. The van der Waals surface area contributed by atoms with Crippen molar-refractivity contribution >= 4 is 23.8 Å². The molecule has 40 heavy (non-hydrogen) atoms. The van der Waals surface area contributed by atoms with Gasteiger partial charge in [-0.1, -0.05) is 13.8 Å². The van der Waals surface area contributed by atoms with E-state index in [4.69, 9.17) is 29.1 Å². The van der Waals surface area contributed by atoms with Gasteiger partial charge in [0, 0.05) is 37.6 Å². The summed E-state index contributed by atoms with van der Waals surface area (Å²) in [6, 6.07) is -1.40. The maximum atomic E-state index is 12.7. The maximum absolute atomic E-state index is 12.7. The fourth-order valence-electron chi connectivity index (χ4n) is 6.61. The van der Waals surface area contributed by atoms with Crippen LogP contribution in [-0.2, 0) is 43.2 Å². The van der Waals surface area contributed by atoms with Crippen molar-refractivity contribution in [3.8, 4) is 0 Å².